The lowest BCUT2D eigenvalue weighted by atomic mass is 9.61. The molecule has 4 fully saturated rings. The zero-order chi connectivity index (χ0) is 27.8. The van der Waals surface area contributed by atoms with Gasteiger partial charge in [0.05, 0.1) is 29.9 Å². The van der Waals surface area contributed by atoms with E-state index in [-0.39, 0.29) is 10.8 Å². The third-order valence-corrected chi connectivity index (χ3v) is 10.6. The highest BCUT2D eigenvalue weighted by Crippen LogP contribution is 2.60. The molecule has 214 valence electrons. The van der Waals surface area contributed by atoms with Crippen molar-refractivity contribution < 1.29 is 19.7 Å². The van der Waals surface area contributed by atoms with Crippen LogP contribution >= 0.6 is 0 Å². The van der Waals surface area contributed by atoms with Crippen LogP contribution in [0.15, 0.2) is 58.2 Å². The van der Waals surface area contributed by atoms with Gasteiger partial charge in [-0.1, -0.05) is 63.6 Å². The molecule has 1 aromatic heterocycles. The van der Waals surface area contributed by atoms with E-state index in [4.69, 9.17) is 4.42 Å². The molecule has 4 aliphatic carbocycles. The van der Waals surface area contributed by atoms with Gasteiger partial charge in [-0.25, -0.2) is 4.98 Å². The molecule has 0 radical (unpaired) electrons. The summed E-state index contributed by atoms with van der Waals surface area (Å²) >= 11 is 0. The number of aliphatic hydroxyl groups excluding tert-OH is 3. The van der Waals surface area contributed by atoms with Crippen molar-refractivity contribution in [3.63, 3.8) is 0 Å². The molecule has 5 heteroatoms. The minimum absolute atomic E-state index is 0.244. The summed E-state index contributed by atoms with van der Waals surface area (Å²) in [6.07, 6.45) is 20.7. The highest BCUT2D eigenvalue weighted by molar-refractivity contribution is 5.38. The molecule has 0 saturated heterocycles. The number of aliphatic hydroxyl groups is 3. The Bertz CT molecular complexity index is 1120. The lowest BCUT2D eigenvalue weighted by molar-refractivity contribution is 0.0862. The lowest BCUT2D eigenvalue weighted by Gasteiger charge is -2.44. The molecule has 5 rings (SSSR count). The third-order valence-electron chi connectivity index (χ3n) is 10.6. The molecule has 7 atom stereocenters. The van der Waals surface area contributed by atoms with Crippen LogP contribution in [-0.4, -0.2) is 38.6 Å². The van der Waals surface area contributed by atoms with Crippen LogP contribution in [0, 0.1) is 23.2 Å². The van der Waals surface area contributed by atoms with Crippen molar-refractivity contribution in [2.24, 2.45) is 23.2 Å². The molecule has 4 saturated carbocycles. The molecule has 0 aliphatic heterocycles. The topological polar surface area (TPSA) is 86.7 Å². The first-order valence-corrected chi connectivity index (χ1v) is 15.4. The van der Waals surface area contributed by atoms with Crippen LogP contribution in [0.4, 0.5) is 0 Å². The van der Waals surface area contributed by atoms with E-state index in [0.717, 1.165) is 55.4 Å². The first-order chi connectivity index (χ1) is 18.7. The summed E-state index contributed by atoms with van der Waals surface area (Å²) in [6.45, 7) is 11.1. The van der Waals surface area contributed by atoms with Crippen molar-refractivity contribution in [1.82, 2.24) is 4.98 Å². The summed E-state index contributed by atoms with van der Waals surface area (Å²) in [5.41, 5.74) is 3.15. The SMILES string of the molecule is C=C1/C(=C\C=C2/CCC[C@]3(C)[C@@H]([C@H](C)/C=C/[C@H](O)C4(c5ncc(CCCC)o5)CC4)CC[C@@H]23)C[C@@H](O)C[C@@H]1O. The predicted molar refractivity (Wildman–Crippen MR) is 155 cm³/mol. The van der Waals surface area contributed by atoms with Gasteiger partial charge in [-0.2, -0.15) is 0 Å². The van der Waals surface area contributed by atoms with Gasteiger partial charge in [-0.3, -0.25) is 0 Å². The van der Waals surface area contributed by atoms with Crippen molar-refractivity contribution >= 4 is 0 Å². The Morgan fingerprint density at radius 1 is 1.18 bits per heavy atom. The van der Waals surface area contributed by atoms with Gasteiger partial charge in [0.2, 0.25) is 5.89 Å². The number of aromatic nitrogens is 1. The van der Waals surface area contributed by atoms with Gasteiger partial charge in [0.25, 0.3) is 0 Å². The fourth-order valence-corrected chi connectivity index (χ4v) is 7.98. The lowest BCUT2D eigenvalue weighted by Crippen LogP contribution is -2.35. The molecule has 5 nitrogen and oxygen atoms in total. The molecule has 1 heterocycles. The molecule has 0 amide bonds. The van der Waals surface area contributed by atoms with Gasteiger partial charge in [0, 0.05) is 12.8 Å². The van der Waals surface area contributed by atoms with E-state index >= 15 is 0 Å². The Morgan fingerprint density at radius 3 is 2.72 bits per heavy atom. The number of oxazole rings is 1. The molecule has 3 N–H and O–H groups in total. The van der Waals surface area contributed by atoms with E-state index in [0.29, 0.717) is 36.5 Å². The normalized spacial score (nSPS) is 36.0. The van der Waals surface area contributed by atoms with Crippen LogP contribution in [0.1, 0.15) is 103 Å². The number of aryl methyl sites for hydroxylation is 1. The molecular formula is C34H49NO4. The maximum atomic E-state index is 11.2. The Labute approximate surface area is 234 Å². The summed E-state index contributed by atoms with van der Waals surface area (Å²) in [5, 5.41) is 31.6. The second-order valence-corrected chi connectivity index (χ2v) is 13.2. The highest BCUT2D eigenvalue weighted by Gasteiger charge is 2.54. The summed E-state index contributed by atoms with van der Waals surface area (Å²) in [6, 6.07) is 0. The predicted octanol–water partition coefficient (Wildman–Crippen LogP) is 6.74. The number of fused-ring (bicyclic) bond motifs is 1. The van der Waals surface area contributed by atoms with Gasteiger partial charge in [0.1, 0.15) is 5.76 Å². The molecule has 1 aromatic rings. The van der Waals surface area contributed by atoms with Crippen LogP contribution in [0.2, 0.25) is 0 Å². The molecule has 0 aromatic carbocycles. The van der Waals surface area contributed by atoms with E-state index in [2.05, 4.69) is 50.6 Å². The zero-order valence-corrected chi connectivity index (χ0v) is 24.2. The molecule has 39 heavy (non-hydrogen) atoms. The Kier molecular flexibility index (Phi) is 8.43. The first-order valence-electron chi connectivity index (χ1n) is 15.4. The Morgan fingerprint density at radius 2 is 1.97 bits per heavy atom. The van der Waals surface area contributed by atoms with Crippen molar-refractivity contribution in [1.29, 1.82) is 0 Å². The number of hydrogen-bond acceptors (Lipinski definition) is 5. The average molecular weight is 536 g/mol. The standard InChI is InChI=1S/C34H49NO4/c1-5-6-9-27-21-35-32(39-27)34(17-18-34)31(38)15-10-22(2)28-13-14-29-24(8-7-16-33(28,29)4)11-12-25-19-26(36)20-30(37)23(25)3/h10-12,15,21-22,26,28-31,36-38H,3,5-9,13-14,16-20H2,1-2,4H3/b15-10+,24-11+,25-12-/t22-,26-,28-,29+,30+,31+,33-/m1/s1. The van der Waals surface area contributed by atoms with Crippen LogP contribution in [-0.2, 0) is 11.8 Å². The van der Waals surface area contributed by atoms with Crippen molar-refractivity contribution in [2.75, 3.05) is 0 Å². The molecular weight excluding hydrogens is 486 g/mol. The number of unbranched alkanes of at least 4 members (excludes halogenated alkanes) is 1. The van der Waals surface area contributed by atoms with E-state index in [1.807, 2.05) is 12.3 Å². The average Bonchev–Trinajstić information content (AvgIpc) is 3.44. The van der Waals surface area contributed by atoms with Crippen LogP contribution in [0.3, 0.4) is 0 Å². The van der Waals surface area contributed by atoms with E-state index in [9.17, 15) is 15.3 Å². The smallest absolute Gasteiger partial charge is 0.203 e. The maximum absolute atomic E-state index is 11.2. The molecule has 0 bridgehead atoms. The summed E-state index contributed by atoms with van der Waals surface area (Å²) in [5.74, 6) is 3.17. The quantitative estimate of drug-likeness (QED) is 0.305. The largest absolute Gasteiger partial charge is 0.445 e. The third kappa shape index (κ3) is 5.64. The van der Waals surface area contributed by atoms with Gasteiger partial charge in [-0.05, 0) is 92.1 Å². The van der Waals surface area contributed by atoms with Crippen LogP contribution < -0.4 is 0 Å². The molecule has 0 unspecified atom stereocenters. The van der Waals surface area contributed by atoms with Crippen molar-refractivity contribution in [3.8, 4) is 0 Å². The fraction of sp³-hybridized carbons (Fsp3) is 0.676. The van der Waals surface area contributed by atoms with E-state index in [1.54, 1.807) is 0 Å². The minimum Gasteiger partial charge on any atom is -0.445 e. The minimum atomic E-state index is -0.643. The maximum Gasteiger partial charge on any atom is 0.203 e. The zero-order valence-electron chi connectivity index (χ0n) is 24.2. The summed E-state index contributed by atoms with van der Waals surface area (Å²) in [4.78, 5) is 4.56. The summed E-state index contributed by atoms with van der Waals surface area (Å²) < 4.78 is 6.08. The number of hydrogen-bond donors (Lipinski definition) is 3. The summed E-state index contributed by atoms with van der Waals surface area (Å²) in [7, 11) is 0. The number of allylic oxidation sites excluding steroid dienone is 4. The Hall–Kier alpha value is -1.95. The number of nitrogens with zero attached hydrogens (tertiary/aromatic N) is 1. The molecule has 0 spiro atoms. The first kappa shape index (κ1) is 28.6. The van der Waals surface area contributed by atoms with Crippen molar-refractivity contribution in [3.05, 3.63) is 65.5 Å². The van der Waals surface area contributed by atoms with E-state index in [1.165, 1.54) is 31.3 Å². The Balaban J connectivity index is 1.26. The van der Waals surface area contributed by atoms with Gasteiger partial charge >= 0.3 is 0 Å². The monoisotopic (exact) mass is 535 g/mol. The van der Waals surface area contributed by atoms with Gasteiger partial charge in [0.15, 0.2) is 0 Å². The van der Waals surface area contributed by atoms with Gasteiger partial charge in [-0.15, -0.1) is 0 Å². The fourth-order valence-electron chi connectivity index (χ4n) is 7.98. The highest BCUT2D eigenvalue weighted by atomic mass is 16.4. The number of rotatable bonds is 9. The van der Waals surface area contributed by atoms with E-state index < -0.39 is 18.3 Å². The van der Waals surface area contributed by atoms with Crippen LogP contribution in [0.5, 0.6) is 0 Å². The molecule has 4 aliphatic rings. The van der Waals surface area contributed by atoms with Gasteiger partial charge < -0.3 is 19.7 Å². The van der Waals surface area contributed by atoms with Crippen LogP contribution in [0.25, 0.3) is 0 Å². The van der Waals surface area contributed by atoms with Crippen molar-refractivity contribution in [2.45, 2.75) is 122 Å². The second kappa shape index (κ2) is 11.5. The second-order valence-electron chi connectivity index (χ2n) is 13.2.